The maximum atomic E-state index is 12.1. The van der Waals surface area contributed by atoms with Crippen LogP contribution in [0, 0.1) is 13.8 Å². The summed E-state index contributed by atoms with van der Waals surface area (Å²) in [7, 11) is 0. The van der Waals surface area contributed by atoms with E-state index in [-0.39, 0.29) is 5.56 Å². The van der Waals surface area contributed by atoms with Gasteiger partial charge in [0.25, 0.3) is 5.56 Å². The van der Waals surface area contributed by atoms with Gasteiger partial charge in [0, 0.05) is 17.5 Å². The van der Waals surface area contributed by atoms with Crippen LogP contribution in [0.15, 0.2) is 41.3 Å². The molecule has 1 N–H and O–H groups in total. The molecule has 0 fully saturated rings. The van der Waals surface area contributed by atoms with Crippen molar-refractivity contribution in [3.05, 3.63) is 63.7 Å². The number of benzene rings is 1. The van der Waals surface area contributed by atoms with E-state index in [1.807, 2.05) is 37.3 Å². The van der Waals surface area contributed by atoms with Crippen molar-refractivity contribution in [3.8, 4) is 5.75 Å². The summed E-state index contributed by atoms with van der Waals surface area (Å²) in [5.74, 6) is 0.790. The van der Waals surface area contributed by atoms with Crippen LogP contribution in [0.1, 0.15) is 16.8 Å². The fourth-order valence-electron chi connectivity index (χ4n) is 2.04. The van der Waals surface area contributed by atoms with Gasteiger partial charge in [-0.3, -0.25) is 9.89 Å². The predicted octanol–water partition coefficient (Wildman–Crippen LogP) is 2.22. The highest BCUT2D eigenvalue weighted by molar-refractivity contribution is 5.47. The van der Waals surface area contributed by atoms with Crippen LogP contribution in [0.5, 0.6) is 5.75 Å². The first-order valence-corrected chi connectivity index (χ1v) is 6.41. The molecule has 0 saturated carbocycles. The number of aromatic amines is 1. The van der Waals surface area contributed by atoms with E-state index >= 15 is 0 Å². The van der Waals surface area contributed by atoms with E-state index in [9.17, 15) is 4.79 Å². The number of aromatic nitrogens is 3. The summed E-state index contributed by atoms with van der Waals surface area (Å²) in [6.07, 6.45) is 1.76. The number of fused-ring (bicyclic) bond motifs is 1. The van der Waals surface area contributed by atoms with Gasteiger partial charge >= 0.3 is 0 Å². The lowest BCUT2D eigenvalue weighted by Crippen LogP contribution is -2.19. The van der Waals surface area contributed by atoms with Gasteiger partial charge in [0.15, 0.2) is 5.65 Å². The zero-order valence-electron chi connectivity index (χ0n) is 11.4. The monoisotopic (exact) mass is 269 g/mol. The lowest BCUT2D eigenvalue weighted by Gasteiger charge is -2.05. The van der Waals surface area contributed by atoms with Crippen LogP contribution in [-0.4, -0.2) is 14.6 Å². The molecule has 5 nitrogen and oxygen atoms in total. The lowest BCUT2D eigenvalue weighted by atomic mass is 10.2. The highest BCUT2D eigenvalue weighted by Gasteiger charge is 2.11. The quantitative estimate of drug-likeness (QED) is 0.793. The fraction of sp³-hybridized carbons (Fsp3) is 0.200. The standard InChI is InChI=1S/C15H15N3O2/c1-10-11(2)17-14-12(8-16-18(14)15(10)19)9-20-13-6-4-3-5-7-13/h3-8,16H,9H2,1-2H3. The topological polar surface area (TPSA) is 59.4 Å². The van der Waals surface area contributed by atoms with Crippen molar-refractivity contribution in [1.29, 1.82) is 0 Å². The Hall–Kier alpha value is -2.56. The van der Waals surface area contributed by atoms with Crippen LogP contribution in [0.2, 0.25) is 0 Å². The zero-order valence-corrected chi connectivity index (χ0v) is 11.4. The summed E-state index contributed by atoms with van der Waals surface area (Å²) < 4.78 is 7.14. The van der Waals surface area contributed by atoms with E-state index < -0.39 is 0 Å². The first kappa shape index (κ1) is 12.5. The first-order valence-electron chi connectivity index (χ1n) is 6.41. The third-order valence-corrected chi connectivity index (χ3v) is 3.34. The minimum atomic E-state index is -0.0709. The highest BCUT2D eigenvalue weighted by Crippen LogP contribution is 2.14. The Morgan fingerprint density at radius 2 is 2.00 bits per heavy atom. The number of aryl methyl sites for hydroxylation is 1. The molecule has 0 saturated heterocycles. The van der Waals surface area contributed by atoms with E-state index in [0.29, 0.717) is 17.8 Å². The summed E-state index contributed by atoms with van der Waals surface area (Å²) in [6.45, 7) is 3.98. The van der Waals surface area contributed by atoms with Crippen molar-refractivity contribution < 1.29 is 4.74 Å². The predicted molar refractivity (Wildman–Crippen MR) is 76.1 cm³/mol. The second-order valence-corrected chi connectivity index (χ2v) is 4.69. The molecule has 102 valence electrons. The van der Waals surface area contributed by atoms with Crippen molar-refractivity contribution in [3.63, 3.8) is 0 Å². The molecule has 2 aromatic heterocycles. The molecular weight excluding hydrogens is 254 g/mol. The van der Waals surface area contributed by atoms with E-state index in [2.05, 4.69) is 10.1 Å². The molecular formula is C15H15N3O2. The van der Waals surface area contributed by atoms with Crippen molar-refractivity contribution in [2.24, 2.45) is 0 Å². The van der Waals surface area contributed by atoms with Crippen LogP contribution in [0.4, 0.5) is 0 Å². The molecule has 0 radical (unpaired) electrons. The van der Waals surface area contributed by atoms with Gasteiger partial charge in [0.2, 0.25) is 0 Å². The second kappa shape index (κ2) is 4.85. The molecule has 5 heteroatoms. The van der Waals surface area contributed by atoms with Crippen molar-refractivity contribution in [1.82, 2.24) is 14.6 Å². The normalized spacial score (nSPS) is 10.9. The third-order valence-electron chi connectivity index (χ3n) is 3.34. The molecule has 0 spiro atoms. The first-order chi connectivity index (χ1) is 9.66. The van der Waals surface area contributed by atoms with E-state index in [1.54, 1.807) is 13.1 Å². The Kier molecular flexibility index (Phi) is 3.02. The molecule has 0 unspecified atom stereocenters. The largest absolute Gasteiger partial charge is 0.489 e. The van der Waals surface area contributed by atoms with Crippen LogP contribution in [0.25, 0.3) is 5.65 Å². The Labute approximate surface area is 115 Å². The molecule has 0 amide bonds. The average Bonchev–Trinajstić information content (AvgIpc) is 2.87. The third kappa shape index (κ3) is 2.07. The summed E-state index contributed by atoms with van der Waals surface area (Å²) in [5.41, 5.74) is 2.80. The average molecular weight is 269 g/mol. The van der Waals surface area contributed by atoms with Crippen LogP contribution in [-0.2, 0) is 6.61 Å². The Morgan fingerprint density at radius 1 is 1.25 bits per heavy atom. The number of hydrogen-bond donors (Lipinski definition) is 1. The van der Waals surface area contributed by atoms with Gasteiger partial charge in [0.05, 0.1) is 5.56 Å². The maximum absolute atomic E-state index is 12.1. The molecule has 0 atom stereocenters. The molecule has 0 aliphatic heterocycles. The van der Waals surface area contributed by atoms with Gasteiger partial charge in [-0.05, 0) is 26.0 Å². The van der Waals surface area contributed by atoms with Gasteiger partial charge in [-0.15, -0.1) is 0 Å². The molecule has 0 aliphatic rings. The van der Waals surface area contributed by atoms with Gasteiger partial charge < -0.3 is 4.74 Å². The van der Waals surface area contributed by atoms with Crippen LogP contribution in [0.3, 0.4) is 0 Å². The SMILES string of the molecule is Cc1nc2c(COc3ccccc3)c[nH]n2c(=O)c1C. The molecule has 3 aromatic rings. The maximum Gasteiger partial charge on any atom is 0.275 e. The smallest absolute Gasteiger partial charge is 0.275 e. The Bertz CT molecular complexity index is 803. The van der Waals surface area contributed by atoms with E-state index in [0.717, 1.165) is 17.0 Å². The van der Waals surface area contributed by atoms with Gasteiger partial charge in [-0.2, -0.15) is 0 Å². The summed E-state index contributed by atoms with van der Waals surface area (Å²) in [4.78, 5) is 16.5. The minimum absolute atomic E-state index is 0.0709. The van der Waals surface area contributed by atoms with Crippen molar-refractivity contribution in [2.75, 3.05) is 0 Å². The van der Waals surface area contributed by atoms with Crippen molar-refractivity contribution in [2.45, 2.75) is 20.5 Å². The molecule has 0 bridgehead atoms. The molecule has 0 aliphatic carbocycles. The van der Waals surface area contributed by atoms with Gasteiger partial charge in [-0.1, -0.05) is 18.2 Å². The van der Waals surface area contributed by atoms with Crippen molar-refractivity contribution >= 4 is 5.65 Å². The number of ether oxygens (including phenoxy) is 1. The second-order valence-electron chi connectivity index (χ2n) is 4.69. The van der Waals surface area contributed by atoms with E-state index in [1.165, 1.54) is 4.52 Å². The number of H-pyrrole nitrogens is 1. The molecule has 2 heterocycles. The Morgan fingerprint density at radius 3 is 2.75 bits per heavy atom. The van der Waals surface area contributed by atoms with Gasteiger partial charge in [0.1, 0.15) is 12.4 Å². The summed E-state index contributed by atoms with van der Waals surface area (Å²) in [6, 6.07) is 9.56. The van der Waals surface area contributed by atoms with Crippen LogP contribution >= 0.6 is 0 Å². The number of hydrogen-bond acceptors (Lipinski definition) is 3. The number of para-hydroxylation sites is 1. The van der Waals surface area contributed by atoms with Crippen LogP contribution < -0.4 is 10.3 Å². The zero-order chi connectivity index (χ0) is 14.1. The van der Waals surface area contributed by atoms with E-state index in [4.69, 9.17) is 4.74 Å². The summed E-state index contributed by atoms with van der Waals surface area (Å²) >= 11 is 0. The molecule has 3 rings (SSSR count). The molecule has 20 heavy (non-hydrogen) atoms. The number of nitrogens with one attached hydrogen (secondary N) is 1. The number of rotatable bonds is 3. The van der Waals surface area contributed by atoms with Gasteiger partial charge in [-0.25, -0.2) is 9.50 Å². The highest BCUT2D eigenvalue weighted by atomic mass is 16.5. The Balaban J connectivity index is 1.95. The number of nitrogens with zero attached hydrogens (tertiary/aromatic N) is 2. The lowest BCUT2D eigenvalue weighted by molar-refractivity contribution is 0.307. The summed E-state index contributed by atoms with van der Waals surface area (Å²) in [5, 5.41) is 2.92. The molecule has 1 aromatic carbocycles. The minimum Gasteiger partial charge on any atom is -0.489 e. The fourth-order valence-corrected chi connectivity index (χ4v) is 2.04.